The van der Waals surface area contributed by atoms with Gasteiger partial charge in [-0.2, -0.15) is 0 Å². The summed E-state index contributed by atoms with van der Waals surface area (Å²) < 4.78 is 27.2. The summed E-state index contributed by atoms with van der Waals surface area (Å²) in [4.78, 5) is 3.20. The van der Waals surface area contributed by atoms with Crippen LogP contribution in [-0.2, 0) is 16.4 Å². The maximum absolute atomic E-state index is 12.0. The normalized spacial score (nSPS) is 11.9. The number of nitrogens with one attached hydrogen (secondary N) is 2. The van der Waals surface area contributed by atoms with Gasteiger partial charge in [0, 0.05) is 17.9 Å². The first-order chi connectivity index (χ1) is 8.88. The molecule has 0 unspecified atom stereocenters. The molecule has 104 valence electrons. The minimum Gasteiger partial charge on any atom is -0.362 e. The zero-order valence-electron chi connectivity index (χ0n) is 10.7. The molecule has 2 aromatic rings. The van der Waals surface area contributed by atoms with Crippen molar-refractivity contribution >= 4 is 33.0 Å². The highest BCUT2D eigenvalue weighted by molar-refractivity contribution is 7.91. The van der Waals surface area contributed by atoms with Crippen molar-refractivity contribution in [2.45, 2.75) is 24.5 Å². The van der Waals surface area contributed by atoms with Gasteiger partial charge in [-0.25, -0.2) is 13.1 Å². The van der Waals surface area contributed by atoms with Crippen LogP contribution in [0.2, 0.25) is 4.34 Å². The van der Waals surface area contributed by atoms with E-state index in [1.165, 1.54) is 6.07 Å². The Kier molecular flexibility index (Phi) is 4.35. The molecule has 0 saturated carbocycles. The zero-order valence-corrected chi connectivity index (χ0v) is 13.0. The molecule has 2 heterocycles. The predicted molar refractivity (Wildman–Crippen MR) is 78.5 cm³/mol. The zero-order chi connectivity index (χ0) is 14.0. The van der Waals surface area contributed by atoms with E-state index in [4.69, 9.17) is 11.6 Å². The average molecular weight is 319 g/mol. The molecule has 0 saturated heterocycles. The van der Waals surface area contributed by atoms with Crippen molar-refractivity contribution in [2.24, 2.45) is 0 Å². The van der Waals surface area contributed by atoms with Crippen LogP contribution in [0.3, 0.4) is 0 Å². The molecule has 0 aromatic carbocycles. The summed E-state index contributed by atoms with van der Waals surface area (Å²) >= 11 is 6.80. The Hall–Kier alpha value is -0.820. The molecule has 0 bridgehead atoms. The van der Waals surface area contributed by atoms with E-state index in [0.29, 0.717) is 17.3 Å². The van der Waals surface area contributed by atoms with Gasteiger partial charge in [-0.05, 0) is 44.0 Å². The quantitative estimate of drug-likeness (QED) is 0.890. The molecule has 2 rings (SSSR count). The Morgan fingerprint density at radius 1 is 1.37 bits per heavy atom. The second-order valence-corrected chi connectivity index (χ2v) is 8.02. The molecule has 0 aliphatic rings. The van der Waals surface area contributed by atoms with Crippen molar-refractivity contribution in [1.82, 2.24) is 9.71 Å². The lowest BCUT2D eigenvalue weighted by atomic mass is 10.2. The minimum absolute atomic E-state index is 0.250. The van der Waals surface area contributed by atoms with Crippen LogP contribution >= 0.6 is 22.9 Å². The van der Waals surface area contributed by atoms with Crippen molar-refractivity contribution in [2.75, 3.05) is 6.54 Å². The average Bonchev–Trinajstić information content (AvgIpc) is 2.86. The summed E-state index contributed by atoms with van der Waals surface area (Å²) in [7, 11) is -3.44. The monoisotopic (exact) mass is 318 g/mol. The van der Waals surface area contributed by atoms with Crippen molar-refractivity contribution < 1.29 is 8.42 Å². The predicted octanol–water partition coefficient (Wildman–Crippen LogP) is 2.87. The molecule has 0 atom stereocenters. The van der Waals surface area contributed by atoms with Gasteiger partial charge in [0.1, 0.15) is 4.21 Å². The number of thiophene rings is 1. The summed E-state index contributed by atoms with van der Waals surface area (Å²) in [6, 6.07) is 5.13. The van der Waals surface area contributed by atoms with Gasteiger partial charge in [0.25, 0.3) is 0 Å². The fourth-order valence-electron chi connectivity index (χ4n) is 1.87. The number of aromatic nitrogens is 1. The van der Waals surface area contributed by atoms with E-state index in [0.717, 1.165) is 28.3 Å². The lowest BCUT2D eigenvalue weighted by molar-refractivity contribution is 0.583. The molecule has 7 heteroatoms. The Morgan fingerprint density at radius 3 is 2.63 bits per heavy atom. The van der Waals surface area contributed by atoms with E-state index < -0.39 is 10.0 Å². The second-order valence-electron chi connectivity index (χ2n) is 4.31. The summed E-state index contributed by atoms with van der Waals surface area (Å²) in [5, 5.41) is 0. The van der Waals surface area contributed by atoms with Crippen molar-refractivity contribution in [3.63, 3.8) is 0 Å². The third kappa shape index (κ3) is 3.60. The number of sulfonamides is 1. The molecule has 0 fully saturated rings. The van der Waals surface area contributed by atoms with Crippen LogP contribution in [-0.4, -0.2) is 19.9 Å². The van der Waals surface area contributed by atoms with E-state index in [9.17, 15) is 8.42 Å². The van der Waals surface area contributed by atoms with Gasteiger partial charge in [-0.1, -0.05) is 11.6 Å². The summed E-state index contributed by atoms with van der Waals surface area (Å²) in [6.45, 7) is 4.33. The van der Waals surface area contributed by atoms with Crippen LogP contribution in [0.1, 0.15) is 17.0 Å². The van der Waals surface area contributed by atoms with Gasteiger partial charge in [-0.3, -0.25) is 0 Å². The number of hydrogen-bond acceptors (Lipinski definition) is 3. The van der Waals surface area contributed by atoms with Crippen LogP contribution in [0, 0.1) is 13.8 Å². The molecule has 0 aliphatic heterocycles. The minimum atomic E-state index is -3.44. The Labute approximate surface area is 121 Å². The molecule has 2 N–H and O–H groups in total. The standard InChI is InChI=1S/C12H15ClN2O2S2/c1-8-7-10(9(2)15-8)5-6-14-19(16,17)12-4-3-11(13)18-12/h3-4,7,14-15H,5-6H2,1-2H3. The van der Waals surface area contributed by atoms with Crippen LogP contribution in [0.15, 0.2) is 22.4 Å². The largest absolute Gasteiger partial charge is 0.362 e. The number of aromatic amines is 1. The van der Waals surface area contributed by atoms with Crippen LogP contribution in [0.5, 0.6) is 0 Å². The molecule has 0 aliphatic carbocycles. The Balaban J connectivity index is 1.97. The van der Waals surface area contributed by atoms with Crippen LogP contribution < -0.4 is 4.72 Å². The van der Waals surface area contributed by atoms with Crippen molar-refractivity contribution in [1.29, 1.82) is 0 Å². The molecular weight excluding hydrogens is 304 g/mol. The maximum atomic E-state index is 12.0. The molecule has 19 heavy (non-hydrogen) atoms. The summed E-state index contributed by atoms with van der Waals surface area (Å²) in [6.07, 6.45) is 0.661. The lowest BCUT2D eigenvalue weighted by Gasteiger charge is -2.04. The molecule has 0 spiro atoms. The summed E-state index contributed by atoms with van der Waals surface area (Å²) in [5.41, 5.74) is 3.29. The molecular formula is C12H15ClN2O2S2. The molecule has 4 nitrogen and oxygen atoms in total. The number of hydrogen-bond donors (Lipinski definition) is 2. The van der Waals surface area contributed by atoms with Crippen molar-refractivity contribution in [3.05, 3.63) is 39.5 Å². The third-order valence-corrected chi connectivity index (χ3v) is 5.94. The molecule has 2 aromatic heterocycles. The van der Waals surface area contributed by atoms with Gasteiger partial charge in [-0.15, -0.1) is 11.3 Å². The number of halogens is 1. The second kappa shape index (κ2) is 5.66. The van der Waals surface area contributed by atoms with Gasteiger partial charge in [0.2, 0.25) is 10.0 Å². The number of aryl methyl sites for hydroxylation is 2. The highest BCUT2D eigenvalue weighted by atomic mass is 35.5. The maximum Gasteiger partial charge on any atom is 0.250 e. The molecule has 0 amide bonds. The van der Waals surface area contributed by atoms with Crippen LogP contribution in [0.4, 0.5) is 0 Å². The highest BCUT2D eigenvalue weighted by Crippen LogP contribution is 2.25. The first-order valence-electron chi connectivity index (χ1n) is 5.78. The first-order valence-corrected chi connectivity index (χ1v) is 8.46. The smallest absolute Gasteiger partial charge is 0.250 e. The van der Waals surface area contributed by atoms with E-state index in [-0.39, 0.29) is 4.21 Å². The SMILES string of the molecule is Cc1cc(CCNS(=O)(=O)c2ccc(Cl)s2)c(C)[nH]1. The van der Waals surface area contributed by atoms with Crippen LogP contribution in [0.25, 0.3) is 0 Å². The topological polar surface area (TPSA) is 62.0 Å². The fraction of sp³-hybridized carbons (Fsp3) is 0.333. The van der Waals surface area contributed by atoms with Gasteiger partial charge >= 0.3 is 0 Å². The highest BCUT2D eigenvalue weighted by Gasteiger charge is 2.16. The molecule has 0 radical (unpaired) electrons. The lowest BCUT2D eigenvalue weighted by Crippen LogP contribution is -2.25. The number of rotatable bonds is 5. The van der Waals surface area contributed by atoms with Gasteiger partial charge in [0.05, 0.1) is 4.34 Å². The first kappa shape index (κ1) is 14.6. The third-order valence-electron chi connectivity index (χ3n) is 2.76. The Bertz CT molecular complexity index is 674. The van der Waals surface area contributed by atoms with E-state index in [1.54, 1.807) is 6.07 Å². The summed E-state index contributed by atoms with van der Waals surface area (Å²) in [5.74, 6) is 0. The van der Waals surface area contributed by atoms with Gasteiger partial charge in [0.15, 0.2) is 0 Å². The van der Waals surface area contributed by atoms with E-state index in [1.807, 2.05) is 19.9 Å². The fourth-order valence-corrected chi connectivity index (χ4v) is 4.43. The number of H-pyrrole nitrogens is 1. The van der Waals surface area contributed by atoms with E-state index >= 15 is 0 Å². The van der Waals surface area contributed by atoms with Gasteiger partial charge < -0.3 is 4.98 Å². The van der Waals surface area contributed by atoms with E-state index in [2.05, 4.69) is 9.71 Å². The van der Waals surface area contributed by atoms with Crippen molar-refractivity contribution in [3.8, 4) is 0 Å². The Morgan fingerprint density at radius 2 is 2.11 bits per heavy atom.